The van der Waals surface area contributed by atoms with Crippen LogP contribution in [-0.4, -0.2) is 47.8 Å². The Morgan fingerprint density at radius 1 is 0.733 bits per heavy atom. The summed E-state index contributed by atoms with van der Waals surface area (Å²) in [5.41, 5.74) is -2.22. The molecule has 0 N–H and O–H groups in total. The van der Waals surface area contributed by atoms with Gasteiger partial charge in [0.2, 0.25) is 0 Å². The first-order valence-corrected chi connectivity index (χ1v) is 8.99. The van der Waals surface area contributed by atoms with E-state index >= 15 is 0 Å². The molecule has 0 aliphatic carbocycles. The highest BCUT2D eigenvalue weighted by molar-refractivity contribution is 5.96. The van der Waals surface area contributed by atoms with Crippen LogP contribution in [0, 0.1) is 17.5 Å². The van der Waals surface area contributed by atoms with Crippen molar-refractivity contribution >= 4 is 11.8 Å². The van der Waals surface area contributed by atoms with Crippen LogP contribution in [0.1, 0.15) is 32.7 Å². The second-order valence-electron chi connectivity index (χ2n) is 6.70. The van der Waals surface area contributed by atoms with Crippen LogP contribution < -0.4 is 0 Å². The third-order valence-electron chi connectivity index (χ3n) is 4.80. The Balaban J connectivity index is 1.77. The fraction of sp³-hybridized carbons (Fsp3) is 0.300. The zero-order chi connectivity index (χ0) is 22.1. The first-order chi connectivity index (χ1) is 14.1. The zero-order valence-corrected chi connectivity index (χ0v) is 15.5. The monoisotopic (exact) mass is 430 g/mol. The molecule has 2 aromatic rings. The average Bonchev–Trinajstić information content (AvgIpc) is 2.97. The van der Waals surface area contributed by atoms with Gasteiger partial charge in [0, 0.05) is 26.2 Å². The molecule has 1 fully saturated rings. The third kappa shape index (κ3) is 4.27. The zero-order valence-electron chi connectivity index (χ0n) is 15.5. The third-order valence-corrected chi connectivity index (χ3v) is 4.80. The number of benzene rings is 2. The quantitative estimate of drug-likeness (QED) is 0.532. The number of halogens is 6. The van der Waals surface area contributed by atoms with Crippen molar-refractivity contribution < 1.29 is 35.9 Å². The maximum Gasteiger partial charge on any atom is 0.417 e. The van der Waals surface area contributed by atoms with Crippen molar-refractivity contribution in [2.45, 2.75) is 12.6 Å². The number of hydrogen-bond donors (Lipinski definition) is 0. The standard InChI is InChI=1S/C20H16F6N2O2/c21-15-7-6-13(16(22)17(15)23)19(30)28-9-3-8-27(10-11-28)18(29)12-4-1-2-5-14(12)20(24,25)26/h1-2,4-7H,3,8-11H2. The van der Waals surface area contributed by atoms with E-state index in [9.17, 15) is 35.9 Å². The topological polar surface area (TPSA) is 40.6 Å². The highest BCUT2D eigenvalue weighted by atomic mass is 19.4. The Kier molecular flexibility index (Phi) is 6.04. The number of alkyl halides is 3. The summed E-state index contributed by atoms with van der Waals surface area (Å²) in [5.74, 6) is -6.54. The number of hydrogen-bond acceptors (Lipinski definition) is 2. The molecule has 10 heteroatoms. The van der Waals surface area contributed by atoms with Gasteiger partial charge < -0.3 is 9.80 Å². The number of amides is 2. The first-order valence-electron chi connectivity index (χ1n) is 8.99. The molecule has 2 amide bonds. The molecule has 0 saturated carbocycles. The summed E-state index contributed by atoms with van der Waals surface area (Å²) in [5, 5.41) is 0. The van der Waals surface area contributed by atoms with Gasteiger partial charge in [-0.25, -0.2) is 13.2 Å². The van der Waals surface area contributed by atoms with E-state index in [-0.39, 0.29) is 32.6 Å². The Bertz CT molecular complexity index is 976. The SMILES string of the molecule is O=C(c1ccccc1C(F)(F)F)N1CCCN(C(=O)c2ccc(F)c(F)c2F)CC1. The predicted molar refractivity (Wildman–Crippen MR) is 94.2 cm³/mol. The lowest BCUT2D eigenvalue weighted by Crippen LogP contribution is -2.38. The Hall–Kier alpha value is -3.04. The van der Waals surface area contributed by atoms with Crippen molar-refractivity contribution in [3.63, 3.8) is 0 Å². The smallest absolute Gasteiger partial charge is 0.337 e. The summed E-state index contributed by atoms with van der Waals surface area (Å²) >= 11 is 0. The molecule has 2 aromatic carbocycles. The van der Waals surface area contributed by atoms with Crippen LogP contribution in [0.15, 0.2) is 36.4 Å². The largest absolute Gasteiger partial charge is 0.417 e. The Morgan fingerprint density at radius 3 is 1.90 bits per heavy atom. The minimum atomic E-state index is -4.70. The van der Waals surface area contributed by atoms with Crippen LogP contribution in [0.3, 0.4) is 0 Å². The van der Waals surface area contributed by atoms with Gasteiger partial charge in [0.25, 0.3) is 11.8 Å². The normalized spacial score (nSPS) is 15.1. The van der Waals surface area contributed by atoms with Gasteiger partial charge in [0.05, 0.1) is 16.7 Å². The van der Waals surface area contributed by atoms with Gasteiger partial charge in [-0.3, -0.25) is 9.59 Å². The maximum atomic E-state index is 13.9. The Labute approximate surface area is 167 Å². The molecule has 1 saturated heterocycles. The van der Waals surface area contributed by atoms with Crippen LogP contribution in [0.5, 0.6) is 0 Å². The number of carbonyl (C=O) groups excluding carboxylic acids is 2. The van der Waals surface area contributed by atoms with E-state index in [1.54, 1.807) is 0 Å². The van der Waals surface area contributed by atoms with Crippen LogP contribution in [0.25, 0.3) is 0 Å². The van der Waals surface area contributed by atoms with E-state index in [2.05, 4.69) is 0 Å². The molecule has 4 nitrogen and oxygen atoms in total. The Morgan fingerprint density at radius 2 is 1.30 bits per heavy atom. The summed E-state index contributed by atoms with van der Waals surface area (Å²) in [6.45, 7) is -0.0454. The van der Waals surface area contributed by atoms with Gasteiger partial charge in [0.15, 0.2) is 17.5 Å². The molecule has 3 rings (SSSR count). The lowest BCUT2D eigenvalue weighted by Gasteiger charge is -2.23. The predicted octanol–water partition coefficient (Wildman–Crippen LogP) is 4.11. The molecule has 0 radical (unpaired) electrons. The fourth-order valence-corrected chi connectivity index (χ4v) is 3.27. The second kappa shape index (κ2) is 8.37. The molecule has 0 bridgehead atoms. The summed E-state index contributed by atoms with van der Waals surface area (Å²) < 4.78 is 80.0. The van der Waals surface area contributed by atoms with Crippen molar-refractivity contribution in [3.8, 4) is 0 Å². The van der Waals surface area contributed by atoms with Gasteiger partial charge in [-0.05, 0) is 30.7 Å². The van der Waals surface area contributed by atoms with Gasteiger partial charge in [-0.1, -0.05) is 12.1 Å². The molecule has 1 aliphatic rings. The van der Waals surface area contributed by atoms with E-state index in [0.29, 0.717) is 6.07 Å². The van der Waals surface area contributed by atoms with Crippen molar-refractivity contribution in [3.05, 3.63) is 70.5 Å². The van der Waals surface area contributed by atoms with Crippen LogP contribution >= 0.6 is 0 Å². The van der Waals surface area contributed by atoms with E-state index in [0.717, 1.165) is 23.1 Å². The summed E-state index contributed by atoms with van der Waals surface area (Å²) in [7, 11) is 0. The van der Waals surface area contributed by atoms with E-state index in [1.165, 1.54) is 17.0 Å². The van der Waals surface area contributed by atoms with Crippen LogP contribution in [0.4, 0.5) is 26.3 Å². The fourth-order valence-electron chi connectivity index (χ4n) is 3.27. The van der Waals surface area contributed by atoms with Crippen molar-refractivity contribution in [1.29, 1.82) is 0 Å². The van der Waals surface area contributed by atoms with Crippen molar-refractivity contribution in [2.24, 2.45) is 0 Å². The van der Waals surface area contributed by atoms with Crippen LogP contribution in [0.2, 0.25) is 0 Å². The minimum Gasteiger partial charge on any atom is -0.337 e. The lowest BCUT2D eigenvalue weighted by atomic mass is 10.1. The number of nitrogens with zero attached hydrogens (tertiary/aromatic N) is 2. The van der Waals surface area contributed by atoms with Gasteiger partial charge >= 0.3 is 6.18 Å². The number of carbonyl (C=O) groups is 2. The van der Waals surface area contributed by atoms with Gasteiger partial charge in [0.1, 0.15) is 0 Å². The highest BCUT2D eigenvalue weighted by Crippen LogP contribution is 2.32. The lowest BCUT2D eigenvalue weighted by molar-refractivity contribution is -0.138. The summed E-state index contributed by atoms with van der Waals surface area (Å²) in [4.78, 5) is 27.5. The number of rotatable bonds is 2. The van der Waals surface area contributed by atoms with Crippen LogP contribution in [-0.2, 0) is 6.18 Å². The average molecular weight is 430 g/mol. The minimum absolute atomic E-state index is 0.0714. The molecule has 0 atom stereocenters. The molecule has 0 aromatic heterocycles. The van der Waals surface area contributed by atoms with Crippen molar-refractivity contribution in [1.82, 2.24) is 9.80 Å². The molecule has 30 heavy (non-hydrogen) atoms. The molecule has 0 unspecified atom stereocenters. The molecule has 1 heterocycles. The van der Waals surface area contributed by atoms with E-state index in [4.69, 9.17) is 0 Å². The van der Waals surface area contributed by atoms with Gasteiger partial charge in [-0.2, -0.15) is 13.2 Å². The molecule has 1 aliphatic heterocycles. The molecule has 0 spiro atoms. The molecular weight excluding hydrogens is 414 g/mol. The summed E-state index contributed by atoms with van der Waals surface area (Å²) in [6, 6.07) is 5.85. The van der Waals surface area contributed by atoms with Crippen molar-refractivity contribution in [2.75, 3.05) is 26.2 Å². The highest BCUT2D eigenvalue weighted by Gasteiger charge is 2.36. The van der Waals surface area contributed by atoms with E-state index in [1.807, 2.05) is 0 Å². The molecular formula is C20H16F6N2O2. The molecule has 160 valence electrons. The van der Waals surface area contributed by atoms with Gasteiger partial charge in [-0.15, -0.1) is 0 Å². The summed E-state index contributed by atoms with van der Waals surface area (Å²) in [6.07, 6.45) is -4.48. The maximum absolute atomic E-state index is 13.9. The first kappa shape index (κ1) is 21.7. The second-order valence-corrected chi connectivity index (χ2v) is 6.70. The van der Waals surface area contributed by atoms with E-state index < -0.39 is 52.1 Å².